The minimum atomic E-state index is -0.530. The maximum absolute atomic E-state index is 12.7. The molecule has 0 saturated heterocycles. The molecule has 9 heteroatoms. The highest BCUT2D eigenvalue weighted by molar-refractivity contribution is 9.10. The van der Waals surface area contributed by atoms with Crippen LogP contribution >= 0.6 is 27.5 Å². The van der Waals surface area contributed by atoms with Gasteiger partial charge in [0.1, 0.15) is 23.9 Å². The lowest BCUT2D eigenvalue weighted by Crippen LogP contribution is -2.17. The Balaban J connectivity index is 1.35. The minimum Gasteiger partial charge on any atom is -0.494 e. The van der Waals surface area contributed by atoms with Crippen molar-refractivity contribution in [2.45, 2.75) is 13.5 Å². The number of nitrogens with one attached hydrogen (secondary N) is 1. The number of hydrazone groups is 1. The van der Waals surface area contributed by atoms with Crippen molar-refractivity contribution in [3.8, 4) is 17.2 Å². The monoisotopic (exact) mass is 606 g/mol. The Bertz CT molecular complexity index is 1460. The van der Waals surface area contributed by atoms with Crippen LogP contribution in [0, 0.1) is 0 Å². The van der Waals surface area contributed by atoms with Gasteiger partial charge in [0.05, 0.1) is 18.4 Å². The van der Waals surface area contributed by atoms with Gasteiger partial charge in [0, 0.05) is 20.6 Å². The second-order valence-electron chi connectivity index (χ2n) is 8.17. The first-order valence-electron chi connectivity index (χ1n) is 12.0. The van der Waals surface area contributed by atoms with Crippen molar-refractivity contribution in [3.05, 3.63) is 123 Å². The molecule has 0 heterocycles. The highest BCUT2D eigenvalue weighted by Gasteiger charge is 2.12. The standard InChI is InChI=1S/C30H24BrClN2O5/c1-2-37-26-14-7-22(8-15-26)30(36)39-28-16-9-24(31)17-23(28)18-33-34-29(35)21-5-12-27(13-6-21)38-19-20-3-10-25(32)11-4-20/h3-18H,2,19H2,1H3,(H,34,35). The third-order valence-corrected chi connectivity index (χ3v) is 6.13. The Morgan fingerprint density at radius 3 is 2.18 bits per heavy atom. The van der Waals surface area contributed by atoms with Crippen molar-refractivity contribution in [3.63, 3.8) is 0 Å². The summed E-state index contributed by atoms with van der Waals surface area (Å²) in [7, 11) is 0. The zero-order chi connectivity index (χ0) is 27.6. The van der Waals surface area contributed by atoms with Gasteiger partial charge in [-0.1, -0.05) is 39.7 Å². The van der Waals surface area contributed by atoms with E-state index in [0.29, 0.717) is 46.4 Å². The van der Waals surface area contributed by atoms with Crippen LogP contribution in [-0.4, -0.2) is 24.7 Å². The molecule has 0 atom stereocenters. The number of carbonyl (C=O) groups excluding carboxylic acids is 2. The maximum atomic E-state index is 12.7. The summed E-state index contributed by atoms with van der Waals surface area (Å²) in [6.07, 6.45) is 1.41. The molecule has 7 nitrogen and oxygen atoms in total. The van der Waals surface area contributed by atoms with Crippen molar-refractivity contribution >= 4 is 45.6 Å². The topological polar surface area (TPSA) is 86.2 Å². The summed E-state index contributed by atoms with van der Waals surface area (Å²) in [4.78, 5) is 25.2. The van der Waals surface area contributed by atoms with Crippen LogP contribution in [0.25, 0.3) is 0 Å². The second kappa shape index (κ2) is 13.6. The average molecular weight is 608 g/mol. The quantitative estimate of drug-likeness (QED) is 0.0903. The van der Waals surface area contributed by atoms with Gasteiger partial charge in [-0.25, -0.2) is 10.2 Å². The van der Waals surface area contributed by atoms with Crippen LogP contribution in [0.15, 0.2) is 101 Å². The first kappa shape index (κ1) is 27.9. The zero-order valence-corrected chi connectivity index (χ0v) is 23.2. The number of esters is 1. The Morgan fingerprint density at radius 2 is 1.51 bits per heavy atom. The summed E-state index contributed by atoms with van der Waals surface area (Å²) >= 11 is 9.31. The molecule has 1 amide bonds. The summed E-state index contributed by atoms with van der Waals surface area (Å²) in [5, 5.41) is 4.71. The number of hydrogen-bond acceptors (Lipinski definition) is 6. The second-order valence-corrected chi connectivity index (χ2v) is 9.52. The predicted octanol–water partition coefficient (Wildman–Crippen LogP) is 7.06. The maximum Gasteiger partial charge on any atom is 0.343 e. The van der Waals surface area contributed by atoms with Gasteiger partial charge in [-0.15, -0.1) is 0 Å². The van der Waals surface area contributed by atoms with Gasteiger partial charge in [-0.3, -0.25) is 4.79 Å². The third-order valence-electron chi connectivity index (χ3n) is 5.38. The van der Waals surface area contributed by atoms with Crippen molar-refractivity contribution in [2.75, 3.05) is 6.61 Å². The summed E-state index contributed by atoms with van der Waals surface area (Å²) in [6.45, 7) is 2.80. The van der Waals surface area contributed by atoms with Gasteiger partial charge in [0.25, 0.3) is 5.91 Å². The number of ether oxygens (including phenoxy) is 3. The van der Waals surface area contributed by atoms with Crippen molar-refractivity contribution in [1.29, 1.82) is 0 Å². The molecule has 4 aromatic rings. The first-order valence-corrected chi connectivity index (χ1v) is 13.1. The van der Waals surface area contributed by atoms with Gasteiger partial charge < -0.3 is 14.2 Å². The largest absolute Gasteiger partial charge is 0.494 e. The molecule has 39 heavy (non-hydrogen) atoms. The zero-order valence-electron chi connectivity index (χ0n) is 20.9. The Labute approximate surface area is 239 Å². The van der Waals surface area contributed by atoms with E-state index in [9.17, 15) is 9.59 Å². The molecule has 0 aliphatic rings. The molecule has 0 spiro atoms. The highest BCUT2D eigenvalue weighted by atomic mass is 79.9. The molecule has 0 aromatic heterocycles. The molecule has 0 bridgehead atoms. The van der Waals surface area contributed by atoms with E-state index in [1.54, 1.807) is 78.9 Å². The van der Waals surface area contributed by atoms with Crippen molar-refractivity contribution < 1.29 is 23.8 Å². The van der Waals surface area contributed by atoms with Crippen molar-refractivity contribution in [2.24, 2.45) is 5.10 Å². The fraction of sp³-hybridized carbons (Fsp3) is 0.100. The van der Waals surface area contributed by atoms with Gasteiger partial charge >= 0.3 is 5.97 Å². The molecule has 1 N–H and O–H groups in total. The van der Waals surface area contributed by atoms with E-state index in [4.69, 9.17) is 25.8 Å². The lowest BCUT2D eigenvalue weighted by Gasteiger charge is -2.09. The molecular formula is C30H24BrClN2O5. The predicted molar refractivity (Wildman–Crippen MR) is 154 cm³/mol. The van der Waals surface area contributed by atoms with E-state index in [1.807, 2.05) is 19.1 Å². The number of hydrogen-bond donors (Lipinski definition) is 1. The number of amides is 1. The lowest BCUT2D eigenvalue weighted by molar-refractivity contribution is 0.0734. The molecular weight excluding hydrogens is 584 g/mol. The SMILES string of the molecule is CCOc1ccc(C(=O)Oc2ccc(Br)cc2C=NNC(=O)c2ccc(OCc3ccc(Cl)cc3)cc2)cc1. The molecule has 198 valence electrons. The van der Waals surface area contributed by atoms with Gasteiger partial charge in [0.2, 0.25) is 0 Å². The van der Waals surface area contributed by atoms with Gasteiger partial charge in [-0.2, -0.15) is 5.10 Å². The van der Waals surface area contributed by atoms with E-state index in [-0.39, 0.29) is 5.75 Å². The van der Waals surface area contributed by atoms with Gasteiger partial charge in [-0.05, 0) is 91.3 Å². The molecule has 0 fully saturated rings. The van der Waals surface area contributed by atoms with Crippen LogP contribution in [-0.2, 0) is 6.61 Å². The first-order chi connectivity index (χ1) is 18.9. The fourth-order valence-corrected chi connectivity index (χ4v) is 3.91. The Hall–Kier alpha value is -4.14. The number of carbonyl (C=O) groups is 2. The van der Waals surface area contributed by atoms with E-state index < -0.39 is 11.9 Å². The number of nitrogens with zero attached hydrogens (tertiary/aromatic N) is 1. The highest BCUT2D eigenvalue weighted by Crippen LogP contribution is 2.23. The minimum absolute atomic E-state index is 0.289. The summed E-state index contributed by atoms with van der Waals surface area (Å²) in [6, 6.07) is 25.9. The number of halogens is 2. The van der Waals surface area contributed by atoms with E-state index in [1.165, 1.54) is 6.21 Å². The average Bonchev–Trinajstić information content (AvgIpc) is 2.95. The fourth-order valence-electron chi connectivity index (χ4n) is 3.40. The molecule has 0 aliphatic heterocycles. The number of rotatable bonds is 10. The van der Waals surface area contributed by atoms with Crippen LogP contribution < -0.4 is 19.6 Å². The summed E-state index contributed by atoms with van der Waals surface area (Å²) in [5.74, 6) is 0.646. The van der Waals surface area contributed by atoms with E-state index >= 15 is 0 Å². The molecule has 4 rings (SSSR count). The smallest absolute Gasteiger partial charge is 0.343 e. The van der Waals surface area contributed by atoms with Crippen LogP contribution in [0.5, 0.6) is 17.2 Å². The third kappa shape index (κ3) is 8.17. The normalized spacial score (nSPS) is 10.7. The van der Waals surface area contributed by atoms with Crippen molar-refractivity contribution in [1.82, 2.24) is 5.43 Å². The summed E-state index contributed by atoms with van der Waals surface area (Å²) in [5.41, 5.74) is 4.74. The van der Waals surface area contributed by atoms with Crippen LogP contribution in [0.4, 0.5) is 0 Å². The molecule has 0 aliphatic carbocycles. The van der Waals surface area contributed by atoms with E-state index in [0.717, 1.165) is 10.0 Å². The molecule has 4 aromatic carbocycles. The molecule has 0 radical (unpaired) electrons. The Kier molecular flexibility index (Phi) is 9.72. The number of benzene rings is 4. The lowest BCUT2D eigenvalue weighted by atomic mass is 10.2. The van der Waals surface area contributed by atoms with Crippen LogP contribution in [0.1, 0.15) is 38.8 Å². The molecule has 0 saturated carbocycles. The Morgan fingerprint density at radius 1 is 0.872 bits per heavy atom. The summed E-state index contributed by atoms with van der Waals surface area (Å²) < 4.78 is 17.5. The molecule has 0 unspecified atom stereocenters. The van der Waals surface area contributed by atoms with Crippen LogP contribution in [0.2, 0.25) is 5.02 Å². The van der Waals surface area contributed by atoms with Crippen LogP contribution in [0.3, 0.4) is 0 Å². The van der Waals surface area contributed by atoms with Gasteiger partial charge in [0.15, 0.2) is 0 Å². The van der Waals surface area contributed by atoms with E-state index in [2.05, 4.69) is 26.5 Å².